The smallest absolute Gasteiger partial charge is 0.320 e. The van der Waals surface area contributed by atoms with Gasteiger partial charge in [0.1, 0.15) is 6.61 Å². The van der Waals surface area contributed by atoms with Crippen LogP contribution in [0.5, 0.6) is 0 Å². The summed E-state index contributed by atoms with van der Waals surface area (Å²) >= 11 is 0. The molecular weight excluding hydrogens is 210 g/mol. The van der Waals surface area contributed by atoms with Gasteiger partial charge in [0, 0.05) is 13.2 Å². The highest BCUT2D eigenvalue weighted by Gasteiger charge is 2.04. The van der Waals surface area contributed by atoms with Gasteiger partial charge in [0.15, 0.2) is 0 Å². The fourth-order valence-corrected chi connectivity index (χ4v) is 0.912. The molecule has 0 heterocycles. The Hall–Kier alpha value is -0.650. The lowest BCUT2D eigenvalue weighted by Gasteiger charge is -2.10. The third-order valence-electron chi connectivity index (χ3n) is 2.13. The molecule has 0 aliphatic carbocycles. The van der Waals surface area contributed by atoms with Gasteiger partial charge in [-0.2, -0.15) is 0 Å². The molecule has 0 amide bonds. The summed E-state index contributed by atoms with van der Waals surface area (Å²) in [5.74, 6) is -0.240. The number of carbonyl (C=O) groups excluding carboxylic acids is 1. The summed E-state index contributed by atoms with van der Waals surface area (Å²) in [6.07, 6.45) is 0.993. The van der Waals surface area contributed by atoms with Crippen molar-refractivity contribution in [2.75, 3.05) is 40.1 Å². The van der Waals surface area contributed by atoms with Crippen molar-refractivity contribution in [2.45, 2.75) is 26.3 Å². The molecule has 0 spiro atoms. The van der Waals surface area contributed by atoms with Crippen LogP contribution in [-0.2, 0) is 19.0 Å². The zero-order valence-corrected chi connectivity index (χ0v) is 10.5. The van der Waals surface area contributed by atoms with Gasteiger partial charge in [0.05, 0.1) is 26.4 Å². The normalized spacial score (nSPS) is 12.4. The Morgan fingerprint density at radius 3 is 2.56 bits per heavy atom. The molecule has 1 atom stereocenters. The molecule has 0 aliphatic rings. The Morgan fingerprint density at radius 2 is 1.94 bits per heavy atom. The molecule has 0 saturated carbocycles. The Labute approximate surface area is 97.4 Å². The third-order valence-corrected chi connectivity index (χ3v) is 2.13. The minimum atomic E-state index is -0.240. The van der Waals surface area contributed by atoms with Crippen LogP contribution in [0.2, 0.25) is 0 Å². The number of ether oxygens (including phenoxy) is 3. The van der Waals surface area contributed by atoms with E-state index in [1.54, 1.807) is 7.11 Å². The summed E-state index contributed by atoms with van der Waals surface area (Å²) in [6, 6.07) is 0.338. The lowest BCUT2D eigenvalue weighted by Crippen LogP contribution is -2.32. The SMILES string of the molecule is CCC(C)NCC(=O)OCCOCCOC. The Balaban J connectivity index is 3.24. The highest BCUT2D eigenvalue weighted by Crippen LogP contribution is 1.87. The van der Waals surface area contributed by atoms with Gasteiger partial charge in [-0.1, -0.05) is 6.92 Å². The largest absolute Gasteiger partial charge is 0.462 e. The maximum atomic E-state index is 11.2. The maximum Gasteiger partial charge on any atom is 0.320 e. The highest BCUT2D eigenvalue weighted by molar-refractivity contribution is 5.71. The lowest BCUT2D eigenvalue weighted by molar-refractivity contribution is -0.144. The zero-order chi connectivity index (χ0) is 12.2. The molecule has 5 heteroatoms. The van der Waals surface area contributed by atoms with Crippen LogP contribution in [-0.4, -0.2) is 52.1 Å². The molecule has 0 saturated heterocycles. The fraction of sp³-hybridized carbons (Fsp3) is 0.909. The second kappa shape index (κ2) is 10.9. The van der Waals surface area contributed by atoms with Crippen molar-refractivity contribution >= 4 is 5.97 Å². The van der Waals surface area contributed by atoms with Gasteiger partial charge in [0.25, 0.3) is 0 Å². The van der Waals surface area contributed by atoms with Crippen LogP contribution in [0.4, 0.5) is 0 Å². The van der Waals surface area contributed by atoms with E-state index < -0.39 is 0 Å². The van der Waals surface area contributed by atoms with Gasteiger partial charge in [-0.15, -0.1) is 0 Å². The van der Waals surface area contributed by atoms with E-state index in [2.05, 4.69) is 12.2 Å². The predicted molar refractivity (Wildman–Crippen MR) is 61.4 cm³/mol. The van der Waals surface area contributed by atoms with Gasteiger partial charge >= 0.3 is 5.97 Å². The van der Waals surface area contributed by atoms with E-state index in [1.807, 2.05) is 6.92 Å². The Kier molecular flexibility index (Phi) is 10.4. The molecular formula is C11H23NO4. The van der Waals surface area contributed by atoms with E-state index in [4.69, 9.17) is 14.2 Å². The predicted octanol–water partition coefficient (Wildman–Crippen LogP) is 0.581. The molecule has 16 heavy (non-hydrogen) atoms. The zero-order valence-electron chi connectivity index (χ0n) is 10.5. The maximum absolute atomic E-state index is 11.2. The van der Waals surface area contributed by atoms with Crippen LogP contribution in [0.25, 0.3) is 0 Å². The second-order valence-corrected chi connectivity index (χ2v) is 3.52. The number of hydrogen-bond acceptors (Lipinski definition) is 5. The quantitative estimate of drug-likeness (QED) is 0.442. The summed E-state index contributed by atoms with van der Waals surface area (Å²) in [4.78, 5) is 11.2. The summed E-state index contributed by atoms with van der Waals surface area (Å²) in [5, 5.41) is 3.06. The van der Waals surface area contributed by atoms with Gasteiger partial charge in [-0.25, -0.2) is 0 Å². The minimum Gasteiger partial charge on any atom is -0.462 e. The van der Waals surface area contributed by atoms with Crippen LogP contribution in [0.3, 0.4) is 0 Å². The Morgan fingerprint density at radius 1 is 1.25 bits per heavy atom. The first-order chi connectivity index (χ1) is 7.70. The molecule has 0 bridgehead atoms. The van der Waals surface area contributed by atoms with Gasteiger partial charge < -0.3 is 19.5 Å². The fourth-order valence-electron chi connectivity index (χ4n) is 0.912. The molecule has 0 radical (unpaired) electrons. The van der Waals surface area contributed by atoms with Crippen molar-refractivity contribution in [3.63, 3.8) is 0 Å². The average molecular weight is 233 g/mol. The first kappa shape index (κ1) is 15.3. The summed E-state index contributed by atoms with van der Waals surface area (Å²) < 4.78 is 14.9. The Bertz CT molecular complexity index is 175. The number of rotatable bonds is 10. The molecule has 0 aromatic carbocycles. The summed E-state index contributed by atoms with van der Waals surface area (Å²) in [7, 11) is 1.62. The van der Waals surface area contributed by atoms with Crippen molar-refractivity contribution in [2.24, 2.45) is 0 Å². The van der Waals surface area contributed by atoms with Crippen molar-refractivity contribution in [3.05, 3.63) is 0 Å². The lowest BCUT2D eigenvalue weighted by atomic mass is 10.3. The minimum absolute atomic E-state index is 0.240. The number of hydrogen-bond donors (Lipinski definition) is 1. The average Bonchev–Trinajstić information content (AvgIpc) is 2.30. The molecule has 0 aliphatic heterocycles. The van der Waals surface area contributed by atoms with Crippen molar-refractivity contribution in [3.8, 4) is 0 Å². The van der Waals surface area contributed by atoms with E-state index in [-0.39, 0.29) is 12.5 Å². The topological polar surface area (TPSA) is 56.8 Å². The molecule has 0 rings (SSSR count). The van der Waals surface area contributed by atoms with Crippen molar-refractivity contribution in [1.29, 1.82) is 0 Å². The highest BCUT2D eigenvalue weighted by atomic mass is 16.6. The summed E-state index contributed by atoms with van der Waals surface area (Å²) in [5.41, 5.74) is 0. The van der Waals surface area contributed by atoms with E-state index in [1.165, 1.54) is 0 Å². The first-order valence-electron chi connectivity index (χ1n) is 5.66. The first-order valence-corrected chi connectivity index (χ1v) is 5.66. The molecule has 0 aromatic heterocycles. The van der Waals surface area contributed by atoms with Crippen LogP contribution in [0.15, 0.2) is 0 Å². The van der Waals surface area contributed by atoms with Crippen molar-refractivity contribution < 1.29 is 19.0 Å². The van der Waals surface area contributed by atoms with Crippen molar-refractivity contribution in [1.82, 2.24) is 5.32 Å². The summed E-state index contributed by atoms with van der Waals surface area (Å²) in [6.45, 7) is 6.15. The molecule has 5 nitrogen and oxygen atoms in total. The third kappa shape index (κ3) is 9.89. The molecule has 96 valence electrons. The standard InChI is InChI=1S/C11H23NO4/c1-4-10(2)12-9-11(13)16-8-7-15-6-5-14-3/h10,12H,4-9H2,1-3H3. The van der Waals surface area contributed by atoms with Crippen LogP contribution in [0, 0.1) is 0 Å². The molecule has 1 N–H and O–H groups in total. The van der Waals surface area contributed by atoms with E-state index in [0.29, 0.717) is 32.5 Å². The second-order valence-electron chi connectivity index (χ2n) is 3.52. The molecule has 1 unspecified atom stereocenters. The van der Waals surface area contributed by atoms with Crippen LogP contribution < -0.4 is 5.32 Å². The van der Waals surface area contributed by atoms with Gasteiger partial charge in [-0.3, -0.25) is 4.79 Å². The molecule has 0 fully saturated rings. The number of methoxy groups -OCH3 is 1. The van der Waals surface area contributed by atoms with E-state index >= 15 is 0 Å². The van der Waals surface area contributed by atoms with Gasteiger partial charge in [0.2, 0.25) is 0 Å². The van der Waals surface area contributed by atoms with Gasteiger partial charge in [-0.05, 0) is 13.3 Å². The van der Waals surface area contributed by atoms with Crippen LogP contribution >= 0.6 is 0 Å². The number of esters is 1. The van der Waals surface area contributed by atoms with Crippen LogP contribution in [0.1, 0.15) is 20.3 Å². The van der Waals surface area contributed by atoms with E-state index in [9.17, 15) is 4.79 Å². The molecule has 0 aromatic rings. The number of carbonyl (C=O) groups is 1. The monoisotopic (exact) mass is 233 g/mol. The van der Waals surface area contributed by atoms with E-state index in [0.717, 1.165) is 6.42 Å². The number of nitrogens with one attached hydrogen (secondary N) is 1.